The molecular formula is C26H31N3O3. The zero-order chi connectivity index (χ0) is 22.5. The van der Waals surface area contributed by atoms with Crippen molar-refractivity contribution in [2.75, 3.05) is 13.2 Å². The van der Waals surface area contributed by atoms with E-state index in [1.165, 1.54) is 10.9 Å². The first-order valence-electron chi connectivity index (χ1n) is 11.4. The predicted molar refractivity (Wildman–Crippen MR) is 126 cm³/mol. The first-order valence-corrected chi connectivity index (χ1v) is 11.4. The van der Waals surface area contributed by atoms with Gasteiger partial charge in [-0.25, -0.2) is 0 Å². The highest BCUT2D eigenvalue weighted by molar-refractivity contribution is 5.94. The average molecular weight is 434 g/mol. The number of benzene rings is 2. The highest BCUT2D eigenvalue weighted by Gasteiger charge is 2.28. The molecule has 0 spiro atoms. The predicted octanol–water partition coefficient (Wildman–Crippen LogP) is 4.31. The molecule has 4 rings (SSSR count). The van der Waals surface area contributed by atoms with Crippen LogP contribution < -0.4 is 10.1 Å². The lowest BCUT2D eigenvalue weighted by Crippen LogP contribution is -2.49. The molecule has 6 nitrogen and oxygen atoms in total. The quantitative estimate of drug-likeness (QED) is 0.583. The number of carbonyl (C=O) groups excluding carboxylic acids is 2. The molecule has 0 radical (unpaired) electrons. The second-order valence-corrected chi connectivity index (χ2v) is 8.61. The van der Waals surface area contributed by atoms with Crippen molar-refractivity contribution >= 4 is 22.7 Å². The molecule has 2 N–H and O–H groups in total. The number of fused-ring (bicyclic) bond motifs is 1. The van der Waals surface area contributed by atoms with E-state index in [4.69, 9.17) is 4.74 Å². The van der Waals surface area contributed by atoms with Crippen LogP contribution in [0.1, 0.15) is 49.0 Å². The van der Waals surface area contributed by atoms with Crippen LogP contribution in [-0.2, 0) is 11.2 Å². The van der Waals surface area contributed by atoms with Gasteiger partial charge in [-0.15, -0.1) is 0 Å². The number of carbonyl (C=O) groups is 2. The highest BCUT2D eigenvalue weighted by Crippen LogP contribution is 2.23. The van der Waals surface area contributed by atoms with Gasteiger partial charge in [-0.05, 0) is 75.4 Å². The average Bonchev–Trinajstić information content (AvgIpc) is 3.21. The molecule has 1 aliphatic rings. The van der Waals surface area contributed by atoms with Crippen LogP contribution in [-0.4, -0.2) is 46.9 Å². The van der Waals surface area contributed by atoms with E-state index in [9.17, 15) is 9.59 Å². The monoisotopic (exact) mass is 433 g/mol. The van der Waals surface area contributed by atoms with Crippen molar-refractivity contribution in [3.8, 4) is 5.75 Å². The van der Waals surface area contributed by atoms with Gasteiger partial charge in [0.15, 0.2) is 6.61 Å². The molecule has 6 heteroatoms. The number of piperidine rings is 1. The number of aromatic amines is 1. The van der Waals surface area contributed by atoms with Crippen molar-refractivity contribution in [1.29, 1.82) is 0 Å². The third-order valence-electron chi connectivity index (χ3n) is 6.32. The molecule has 2 heterocycles. The maximum Gasteiger partial charge on any atom is 0.260 e. The number of nitrogens with zero attached hydrogens (tertiary/aromatic N) is 1. The fourth-order valence-electron chi connectivity index (χ4n) is 4.59. The van der Waals surface area contributed by atoms with E-state index in [1.807, 2.05) is 29.3 Å². The van der Waals surface area contributed by atoms with Crippen LogP contribution >= 0.6 is 0 Å². The van der Waals surface area contributed by atoms with Crippen molar-refractivity contribution in [2.24, 2.45) is 0 Å². The summed E-state index contributed by atoms with van der Waals surface area (Å²) in [5, 5.41) is 4.16. The van der Waals surface area contributed by atoms with Gasteiger partial charge in [0.05, 0.1) is 0 Å². The van der Waals surface area contributed by atoms with Crippen LogP contribution in [0.2, 0.25) is 0 Å². The smallest absolute Gasteiger partial charge is 0.260 e. The summed E-state index contributed by atoms with van der Waals surface area (Å²) >= 11 is 0. The number of rotatable bonds is 7. The second-order valence-electron chi connectivity index (χ2n) is 8.61. The first-order chi connectivity index (χ1) is 15.5. The summed E-state index contributed by atoms with van der Waals surface area (Å²) in [5.41, 5.74) is 2.86. The molecule has 0 aliphatic carbocycles. The van der Waals surface area contributed by atoms with E-state index in [-0.39, 0.29) is 30.5 Å². The van der Waals surface area contributed by atoms with E-state index in [2.05, 4.69) is 30.2 Å². The Balaban J connectivity index is 1.25. The molecule has 1 fully saturated rings. The van der Waals surface area contributed by atoms with Crippen molar-refractivity contribution in [1.82, 2.24) is 15.2 Å². The summed E-state index contributed by atoms with van der Waals surface area (Å²) < 4.78 is 5.70. The Hall–Kier alpha value is -3.28. The van der Waals surface area contributed by atoms with E-state index in [0.717, 1.165) is 31.2 Å². The number of hydrogen-bond acceptors (Lipinski definition) is 3. The molecule has 0 bridgehead atoms. The van der Waals surface area contributed by atoms with Crippen molar-refractivity contribution in [3.05, 3.63) is 65.9 Å². The summed E-state index contributed by atoms with van der Waals surface area (Å²) in [6.07, 6.45) is 6.00. The maximum absolute atomic E-state index is 12.6. The third kappa shape index (κ3) is 4.96. The Morgan fingerprint density at radius 2 is 1.78 bits per heavy atom. The number of ether oxygens (including phenoxy) is 1. The van der Waals surface area contributed by atoms with Crippen LogP contribution in [0.5, 0.6) is 5.75 Å². The van der Waals surface area contributed by atoms with Crippen LogP contribution in [0.25, 0.3) is 10.9 Å². The van der Waals surface area contributed by atoms with Crippen LogP contribution in [0.4, 0.5) is 0 Å². The van der Waals surface area contributed by atoms with E-state index < -0.39 is 0 Å². The number of para-hydroxylation sites is 1. The Kier molecular flexibility index (Phi) is 6.78. The minimum atomic E-state index is -0.122. The summed E-state index contributed by atoms with van der Waals surface area (Å²) in [5.74, 6) is 0.484. The molecule has 32 heavy (non-hydrogen) atoms. The van der Waals surface area contributed by atoms with Gasteiger partial charge in [0.2, 0.25) is 0 Å². The van der Waals surface area contributed by atoms with Crippen LogP contribution in [0, 0.1) is 0 Å². The fourth-order valence-corrected chi connectivity index (χ4v) is 4.59. The molecule has 168 valence electrons. The van der Waals surface area contributed by atoms with Gasteiger partial charge in [-0.1, -0.05) is 18.2 Å². The van der Waals surface area contributed by atoms with Gasteiger partial charge < -0.3 is 19.9 Å². The van der Waals surface area contributed by atoms with Crippen LogP contribution in [0.15, 0.2) is 54.7 Å². The lowest BCUT2D eigenvalue weighted by Gasteiger charge is -2.38. The number of amides is 2. The Morgan fingerprint density at radius 1 is 1.06 bits per heavy atom. The number of H-pyrrole nitrogens is 1. The van der Waals surface area contributed by atoms with E-state index in [0.29, 0.717) is 17.9 Å². The molecule has 1 aliphatic heterocycles. The SMILES string of the molecule is CC1CCCC(C)N1C(=O)COc1ccc(C(=O)NCCc2c[nH]c3ccccc23)cc1. The normalized spacial score (nSPS) is 18.5. The Labute approximate surface area is 188 Å². The van der Waals surface area contributed by atoms with Gasteiger partial charge in [0, 0.05) is 41.3 Å². The summed E-state index contributed by atoms with van der Waals surface area (Å²) in [6.45, 7) is 4.77. The molecular weight excluding hydrogens is 402 g/mol. The van der Waals surface area contributed by atoms with Gasteiger partial charge in [0.1, 0.15) is 5.75 Å². The van der Waals surface area contributed by atoms with E-state index >= 15 is 0 Å². The van der Waals surface area contributed by atoms with Crippen molar-refractivity contribution in [3.63, 3.8) is 0 Å². The molecule has 1 aromatic heterocycles. The molecule has 3 aromatic rings. The summed E-state index contributed by atoms with van der Waals surface area (Å²) in [4.78, 5) is 30.3. The zero-order valence-electron chi connectivity index (χ0n) is 18.8. The summed E-state index contributed by atoms with van der Waals surface area (Å²) in [6, 6.07) is 15.6. The number of aromatic nitrogens is 1. The maximum atomic E-state index is 12.6. The Bertz CT molecular complexity index is 1060. The number of hydrogen-bond donors (Lipinski definition) is 2. The minimum absolute atomic E-state index is 0.0174. The molecule has 2 aromatic carbocycles. The molecule has 1 saturated heterocycles. The zero-order valence-corrected chi connectivity index (χ0v) is 18.8. The third-order valence-corrected chi connectivity index (χ3v) is 6.32. The minimum Gasteiger partial charge on any atom is -0.484 e. The molecule has 2 amide bonds. The van der Waals surface area contributed by atoms with Gasteiger partial charge in [-0.2, -0.15) is 0 Å². The number of likely N-dealkylation sites (tertiary alicyclic amines) is 1. The highest BCUT2D eigenvalue weighted by atomic mass is 16.5. The second kappa shape index (κ2) is 9.90. The Morgan fingerprint density at radius 3 is 2.53 bits per heavy atom. The standard InChI is InChI=1S/C26H31N3O3/c1-18-6-5-7-19(2)29(18)25(30)17-32-22-12-10-20(11-13-22)26(31)27-15-14-21-16-28-24-9-4-3-8-23(21)24/h3-4,8-13,16,18-19,28H,5-7,14-15,17H2,1-2H3,(H,27,31). The van der Waals surface area contributed by atoms with Gasteiger partial charge >= 0.3 is 0 Å². The largest absolute Gasteiger partial charge is 0.484 e. The van der Waals surface area contributed by atoms with Crippen molar-refractivity contribution in [2.45, 2.75) is 51.6 Å². The molecule has 2 atom stereocenters. The number of nitrogens with one attached hydrogen (secondary N) is 2. The van der Waals surface area contributed by atoms with E-state index in [1.54, 1.807) is 24.3 Å². The first kappa shape index (κ1) is 21.9. The lowest BCUT2D eigenvalue weighted by atomic mass is 9.97. The van der Waals surface area contributed by atoms with Crippen LogP contribution in [0.3, 0.4) is 0 Å². The molecule has 2 unspecified atom stereocenters. The fraction of sp³-hybridized carbons (Fsp3) is 0.385. The van der Waals surface area contributed by atoms with Gasteiger partial charge in [-0.3, -0.25) is 9.59 Å². The molecule has 0 saturated carbocycles. The lowest BCUT2D eigenvalue weighted by molar-refractivity contribution is -0.139. The topological polar surface area (TPSA) is 74.4 Å². The van der Waals surface area contributed by atoms with Gasteiger partial charge in [0.25, 0.3) is 11.8 Å². The van der Waals surface area contributed by atoms with Crippen molar-refractivity contribution < 1.29 is 14.3 Å². The summed E-state index contributed by atoms with van der Waals surface area (Å²) in [7, 11) is 0.